The number of likely N-dealkylation sites (tertiary alicyclic amines) is 1. The molecule has 5 nitrogen and oxygen atoms in total. The van der Waals surface area contributed by atoms with E-state index in [0.29, 0.717) is 22.6 Å². The zero-order valence-corrected chi connectivity index (χ0v) is 13.9. The first-order chi connectivity index (χ1) is 9.42. The SMILES string of the molecule is CCN1CCC(CNS(=O)(=O)c2ccc(N)c(Br)c2)C1. The molecule has 7 heteroatoms. The zero-order valence-electron chi connectivity index (χ0n) is 11.5. The Hall–Kier alpha value is -0.630. The second kappa shape index (κ2) is 6.43. The van der Waals surface area contributed by atoms with Crippen LogP contribution in [0.5, 0.6) is 0 Å². The molecule has 1 aliphatic heterocycles. The fourth-order valence-corrected chi connectivity index (χ4v) is 4.02. The number of nitrogens with one attached hydrogen (secondary N) is 1. The van der Waals surface area contributed by atoms with Crippen molar-refractivity contribution in [2.75, 3.05) is 31.9 Å². The molecule has 1 fully saturated rings. The van der Waals surface area contributed by atoms with Crippen LogP contribution in [0.2, 0.25) is 0 Å². The lowest BCUT2D eigenvalue weighted by Crippen LogP contribution is -2.31. The van der Waals surface area contributed by atoms with Gasteiger partial charge in [-0.3, -0.25) is 0 Å². The van der Waals surface area contributed by atoms with E-state index in [1.807, 2.05) is 0 Å². The second-order valence-electron chi connectivity index (χ2n) is 5.08. The van der Waals surface area contributed by atoms with Crippen LogP contribution in [-0.2, 0) is 10.0 Å². The van der Waals surface area contributed by atoms with E-state index >= 15 is 0 Å². The van der Waals surface area contributed by atoms with E-state index in [9.17, 15) is 8.42 Å². The van der Waals surface area contributed by atoms with E-state index in [-0.39, 0.29) is 4.90 Å². The van der Waals surface area contributed by atoms with Crippen LogP contribution in [0.3, 0.4) is 0 Å². The number of sulfonamides is 1. The maximum Gasteiger partial charge on any atom is 0.240 e. The maximum atomic E-state index is 12.2. The van der Waals surface area contributed by atoms with Crippen molar-refractivity contribution in [1.82, 2.24) is 9.62 Å². The Bertz CT molecular complexity index is 577. The molecule has 0 radical (unpaired) electrons. The van der Waals surface area contributed by atoms with Gasteiger partial charge in [0.15, 0.2) is 0 Å². The summed E-state index contributed by atoms with van der Waals surface area (Å²) in [6.07, 6.45) is 1.04. The number of rotatable bonds is 5. The average Bonchev–Trinajstić information content (AvgIpc) is 2.87. The molecule has 1 saturated heterocycles. The Labute approximate surface area is 128 Å². The molecule has 112 valence electrons. The molecule has 0 aliphatic carbocycles. The number of anilines is 1. The summed E-state index contributed by atoms with van der Waals surface area (Å²) in [6.45, 7) is 5.65. The van der Waals surface area contributed by atoms with Gasteiger partial charge in [0.1, 0.15) is 0 Å². The lowest BCUT2D eigenvalue weighted by molar-refractivity contribution is 0.342. The first-order valence-corrected chi connectivity index (χ1v) is 8.97. The van der Waals surface area contributed by atoms with E-state index in [1.54, 1.807) is 6.07 Å². The summed E-state index contributed by atoms with van der Waals surface area (Å²) >= 11 is 3.25. The lowest BCUT2D eigenvalue weighted by Gasteiger charge is -2.14. The van der Waals surface area contributed by atoms with Crippen molar-refractivity contribution in [2.45, 2.75) is 18.2 Å². The Morgan fingerprint density at radius 2 is 2.25 bits per heavy atom. The van der Waals surface area contributed by atoms with Gasteiger partial charge in [-0.15, -0.1) is 0 Å². The minimum Gasteiger partial charge on any atom is -0.398 e. The van der Waals surface area contributed by atoms with Gasteiger partial charge in [0, 0.05) is 23.2 Å². The van der Waals surface area contributed by atoms with Crippen LogP contribution in [0.15, 0.2) is 27.6 Å². The first kappa shape index (κ1) is 15.8. The number of nitrogens with two attached hydrogens (primary N) is 1. The molecule has 0 amide bonds. The third kappa shape index (κ3) is 3.72. The topological polar surface area (TPSA) is 75.4 Å². The molecular formula is C13H20BrN3O2S. The molecule has 2 rings (SSSR count). The summed E-state index contributed by atoms with van der Waals surface area (Å²) < 4.78 is 27.7. The lowest BCUT2D eigenvalue weighted by atomic mass is 10.1. The van der Waals surface area contributed by atoms with Gasteiger partial charge in [0.2, 0.25) is 10.0 Å². The molecule has 0 bridgehead atoms. The predicted octanol–water partition coefficient (Wildman–Crippen LogP) is 1.65. The monoisotopic (exact) mass is 361 g/mol. The smallest absolute Gasteiger partial charge is 0.240 e. The molecule has 1 aromatic rings. The van der Waals surface area contributed by atoms with E-state index < -0.39 is 10.0 Å². The summed E-state index contributed by atoms with van der Waals surface area (Å²) in [5, 5.41) is 0. The first-order valence-electron chi connectivity index (χ1n) is 6.69. The molecular weight excluding hydrogens is 342 g/mol. The van der Waals surface area contributed by atoms with Crippen molar-refractivity contribution < 1.29 is 8.42 Å². The normalized spacial score (nSPS) is 20.4. The molecule has 0 aromatic heterocycles. The molecule has 0 saturated carbocycles. The number of halogens is 1. The minimum atomic E-state index is -3.47. The average molecular weight is 362 g/mol. The predicted molar refractivity (Wildman–Crippen MR) is 84.0 cm³/mol. The molecule has 1 aliphatic rings. The molecule has 1 unspecified atom stereocenters. The van der Waals surface area contributed by atoms with Gasteiger partial charge in [-0.1, -0.05) is 6.92 Å². The zero-order chi connectivity index (χ0) is 14.8. The van der Waals surface area contributed by atoms with Crippen LogP contribution in [0.4, 0.5) is 5.69 Å². The number of nitrogen functional groups attached to an aromatic ring is 1. The summed E-state index contributed by atoms with van der Waals surface area (Å²) in [7, 11) is -3.47. The van der Waals surface area contributed by atoms with Gasteiger partial charge < -0.3 is 10.6 Å². The third-order valence-corrected chi connectivity index (χ3v) is 5.77. The Morgan fingerprint density at radius 3 is 2.85 bits per heavy atom. The fraction of sp³-hybridized carbons (Fsp3) is 0.538. The van der Waals surface area contributed by atoms with Gasteiger partial charge in [-0.25, -0.2) is 13.1 Å². The highest BCUT2D eigenvalue weighted by molar-refractivity contribution is 9.10. The van der Waals surface area contributed by atoms with E-state index in [0.717, 1.165) is 26.1 Å². The van der Waals surface area contributed by atoms with Crippen LogP contribution < -0.4 is 10.5 Å². The van der Waals surface area contributed by atoms with Crippen molar-refractivity contribution in [2.24, 2.45) is 5.92 Å². The van der Waals surface area contributed by atoms with Crippen LogP contribution in [0, 0.1) is 5.92 Å². The Kier molecular flexibility index (Phi) is 5.06. The van der Waals surface area contributed by atoms with Crippen LogP contribution in [0.1, 0.15) is 13.3 Å². The Morgan fingerprint density at radius 1 is 1.50 bits per heavy atom. The summed E-state index contributed by atoms with van der Waals surface area (Å²) in [5.41, 5.74) is 6.19. The summed E-state index contributed by atoms with van der Waals surface area (Å²) in [4.78, 5) is 2.57. The van der Waals surface area contributed by atoms with Crippen LogP contribution >= 0.6 is 15.9 Å². The van der Waals surface area contributed by atoms with Crippen molar-refractivity contribution in [3.05, 3.63) is 22.7 Å². The number of hydrogen-bond donors (Lipinski definition) is 2. The highest BCUT2D eigenvalue weighted by Crippen LogP contribution is 2.23. The molecule has 0 spiro atoms. The van der Waals surface area contributed by atoms with E-state index in [2.05, 4.69) is 32.5 Å². The molecule has 3 N–H and O–H groups in total. The van der Waals surface area contributed by atoms with Crippen molar-refractivity contribution >= 4 is 31.6 Å². The van der Waals surface area contributed by atoms with Crippen molar-refractivity contribution in [1.29, 1.82) is 0 Å². The quantitative estimate of drug-likeness (QED) is 0.781. The van der Waals surface area contributed by atoms with Gasteiger partial charge >= 0.3 is 0 Å². The van der Waals surface area contributed by atoms with Gasteiger partial charge in [0.25, 0.3) is 0 Å². The summed E-state index contributed by atoms with van der Waals surface area (Å²) in [5.74, 6) is 0.391. The van der Waals surface area contributed by atoms with Crippen molar-refractivity contribution in [3.63, 3.8) is 0 Å². The van der Waals surface area contributed by atoms with Crippen molar-refractivity contribution in [3.8, 4) is 0 Å². The van der Waals surface area contributed by atoms with E-state index in [1.165, 1.54) is 12.1 Å². The number of benzene rings is 1. The van der Waals surface area contributed by atoms with Gasteiger partial charge in [-0.2, -0.15) is 0 Å². The summed E-state index contributed by atoms with van der Waals surface area (Å²) in [6, 6.07) is 4.65. The highest BCUT2D eigenvalue weighted by atomic mass is 79.9. The number of nitrogens with zero attached hydrogens (tertiary/aromatic N) is 1. The molecule has 1 atom stereocenters. The van der Waals surface area contributed by atoms with Gasteiger partial charge in [0.05, 0.1) is 4.90 Å². The van der Waals surface area contributed by atoms with Crippen LogP contribution in [0.25, 0.3) is 0 Å². The maximum absolute atomic E-state index is 12.2. The largest absolute Gasteiger partial charge is 0.398 e. The molecule has 1 aromatic carbocycles. The van der Waals surface area contributed by atoms with E-state index in [4.69, 9.17) is 5.73 Å². The van der Waals surface area contributed by atoms with Crippen LogP contribution in [-0.4, -0.2) is 39.5 Å². The fourth-order valence-electron chi connectivity index (χ4n) is 2.35. The Balaban J connectivity index is 1.99. The second-order valence-corrected chi connectivity index (χ2v) is 7.70. The number of hydrogen-bond acceptors (Lipinski definition) is 4. The standard InChI is InChI=1S/C13H20BrN3O2S/c1-2-17-6-5-10(9-17)8-16-20(18,19)11-3-4-13(15)12(14)7-11/h3-4,7,10,16H,2,5-6,8-9,15H2,1H3. The third-order valence-electron chi connectivity index (χ3n) is 3.66. The highest BCUT2D eigenvalue weighted by Gasteiger charge is 2.23. The minimum absolute atomic E-state index is 0.240. The molecule has 1 heterocycles. The van der Waals surface area contributed by atoms with Gasteiger partial charge in [-0.05, 0) is 59.6 Å². The molecule has 20 heavy (non-hydrogen) atoms.